The van der Waals surface area contributed by atoms with E-state index in [0.29, 0.717) is 10.5 Å². The average molecular weight is 223 g/mol. The molecular formula is C10H14B2ClO2. The topological polar surface area (TPSA) is 40.5 Å². The SMILES string of the molecule is CC(C)(C)[B]c1cc(B(O)O)ccc1Cl. The standard InChI is InChI=1S/C10H14B2ClO2/c1-10(2,3)11-8-6-7(12(14)15)4-5-9(8)13/h4-6,14-15H,1-3H3. The normalized spacial score (nSPS) is 11.3. The molecule has 0 amide bonds. The molecule has 0 heterocycles. The van der Waals surface area contributed by atoms with Crippen LogP contribution in [0.1, 0.15) is 20.8 Å². The van der Waals surface area contributed by atoms with Crippen LogP contribution in [0.4, 0.5) is 0 Å². The summed E-state index contributed by atoms with van der Waals surface area (Å²) in [5.41, 5.74) is 1.28. The molecule has 1 radical (unpaired) electrons. The van der Waals surface area contributed by atoms with Crippen LogP contribution >= 0.6 is 11.6 Å². The minimum Gasteiger partial charge on any atom is -0.423 e. The van der Waals surface area contributed by atoms with Crippen molar-refractivity contribution in [1.82, 2.24) is 0 Å². The van der Waals surface area contributed by atoms with Gasteiger partial charge in [0.25, 0.3) is 0 Å². The maximum Gasteiger partial charge on any atom is 0.488 e. The number of halogens is 1. The van der Waals surface area contributed by atoms with Crippen LogP contribution in [-0.2, 0) is 0 Å². The van der Waals surface area contributed by atoms with E-state index in [1.165, 1.54) is 0 Å². The van der Waals surface area contributed by atoms with Crippen LogP contribution in [-0.4, -0.2) is 24.4 Å². The Morgan fingerprint density at radius 3 is 2.33 bits per heavy atom. The maximum atomic E-state index is 9.04. The summed E-state index contributed by atoms with van der Waals surface area (Å²) in [5.74, 6) is 0. The van der Waals surface area contributed by atoms with Gasteiger partial charge in [0.1, 0.15) is 0 Å². The summed E-state index contributed by atoms with van der Waals surface area (Å²) in [4.78, 5) is 0. The van der Waals surface area contributed by atoms with E-state index < -0.39 is 7.12 Å². The molecule has 0 atom stereocenters. The molecule has 0 spiro atoms. The Labute approximate surface area is 96.7 Å². The van der Waals surface area contributed by atoms with Gasteiger partial charge in [-0.25, -0.2) is 0 Å². The smallest absolute Gasteiger partial charge is 0.423 e. The van der Waals surface area contributed by atoms with Crippen molar-refractivity contribution in [2.75, 3.05) is 0 Å². The van der Waals surface area contributed by atoms with E-state index in [1.807, 2.05) is 7.28 Å². The molecule has 1 rings (SSSR count). The van der Waals surface area contributed by atoms with E-state index >= 15 is 0 Å². The fourth-order valence-electron chi connectivity index (χ4n) is 1.30. The summed E-state index contributed by atoms with van der Waals surface area (Å²) < 4.78 is 0. The summed E-state index contributed by atoms with van der Waals surface area (Å²) >= 11 is 6.01. The van der Waals surface area contributed by atoms with Crippen LogP contribution < -0.4 is 10.9 Å². The summed E-state index contributed by atoms with van der Waals surface area (Å²) in [7, 11) is 0.552. The minimum atomic E-state index is -1.45. The quantitative estimate of drug-likeness (QED) is 0.720. The molecule has 15 heavy (non-hydrogen) atoms. The molecule has 0 unspecified atom stereocenters. The Bertz CT molecular complexity index is 348. The van der Waals surface area contributed by atoms with Crippen molar-refractivity contribution in [2.24, 2.45) is 0 Å². The molecule has 0 saturated heterocycles. The van der Waals surface area contributed by atoms with Crippen LogP contribution in [0.15, 0.2) is 18.2 Å². The number of benzene rings is 1. The van der Waals surface area contributed by atoms with E-state index in [0.717, 1.165) is 5.46 Å². The lowest BCUT2D eigenvalue weighted by molar-refractivity contribution is 0.426. The highest BCUT2D eigenvalue weighted by Crippen LogP contribution is 2.20. The van der Waals surface area contributed by atoms with Crippen molar-refractivity contribution < 1.29 is 10.0 Å². The number of hydrogen-bond donors (Lipinski definition) is 2. The van der Waals surface area contributed by atoms with Gasteiger partial charge in [-0.1, -0.05) is 55.3 Å². The lowest BCUT2D eigenvalue weighted by Gasteiger charge is -2.18. The number of rotatable bonds is 2. The molecule has 0 aromatic heterocycles. The molecule has 2 N–H and O–H groups in total. The summed E-state index contributed by atoms with van der Waals surface area (Å²) in [6.07, 6.45) is 0. The molecular weight excluding hydrogens is 209 g/mol. The van der Waals surface area contributed by atoms with Gasteiger partial charge in [-0.15, -0.1) is 0 Å². The van der Waals surface area contributed by atoms with Gasteiger partial charge in [0.2, 0.25) is 0 Å². The van der Waals surface area contributed by atoms with Crippen molar-refractivity contribution in [3.05, 3.63) is 23.2 Å². The fraction of sp³-hybridized carbons (Fsp3) is 0.400. The highest BCUT2D eigenvalue weighted by atomic mass is 35.5. The molecule has 79 valence electrons. The first-order valence-corrected chi connectivity index (χ1v) is 5.19. The first-order chi connectivity index (χ1) is 6.79. The van der Waals surface area contributed by atoms with E-state index in [-0.39, 0.29) is 5.31 Å². The molecule has 5 heteroatoms. The fourth-order valence-corrected chi connectivity index (χ4v) is 1.47. The molecule has 0 bridgehead atoms. The average Bonchev–Trinajstić information content (AvgIpc) is 2.06. The number of hydrogen-bond acceptors (Lipinski definition) is 2. The summed E-state index contributed by atoms with van der Waals surface area (Å²) in [5, 5.41) is 18.7. The van der Waals surface area contributed by atoms with E-state index in [1.54, 1.807) is 18.2 Å². The zero-order valence-corrected chi connectivity index (χ0v) is 9.92. The third-order valence-electron chi connectivity index (χ3n) is 1.91. The van der Waals surface area contributed by atoms with Gasteiger partial charge in [0.05, 0.1) is 0 Å². The van der Waals surface area contributed by atoms with Gasteiger partial charge in [-0.05, 0) is 11.5 Å². The van der Waals surface area contributed by atoms with Gasteiger partial charge in [-0.3, -0.25) is 0 Å². The molecule has 0 aliphatic heterocycles. The Balaban J connectivity index is 3.01. The van der Waals surface area contributed by atoms with Crippen LogP contribution in [0.2, 0.25) is 10.3 Å². The lowest BCUT2D eigenvalue weighted by atomic mass is 9.51. The van der Waals surface area contributed by atoms with Gasteiger partial charge < -0.3 is 10.0 Å². The maximum absolute atomic E-state index is 9.04. The van der Waals surface area contributed by atoms with Crippen molar-refractivity contribution in [2.45, 2.75) is 26.1 Å². The summed E-state index contributed by atoms with van der Waals surface area (Å²) in [6.45, 7) is 6.18. The van der Waals surface area contributed by atoms with Crippen molar-refractivity contribution >= 4 is 36.9 Å². The van der Waals surface area contributed by atoms with Gasteiger partial charge in [0.15, 0.2) is 7.28 Å². The zero-order chi connectivity index (χ0) is 11.6. The second kappa shape index (κ2) is 4.60. The molecule has 1 aromatic carbocycles. The molecule has 0 aliphatic carbocycles. The molecule has 0 aliphatic rings. The Morgan fingerprint density at radius 2 is 1.87 bits per heavy atom. The lowest BCUT2D eigenvalue weighted by Crippen LogP contribution is -2.35. The first kappa shape index (κ1) is 12.6. The Kier molecular flexibility index (Phi) is 3.87. The van der Waals surface area contributed by atoms with Crippen LogP contribution in [0.5, 0.6) is 0 Å². The van der Waals surface area contributed by atoms with Crippen LogP contribution in [0, 0.1) is 0 Å². The van der Waals surface area contributed by atoms with Gasteiger partial charge in [0, 0.05) is 5.02 Å². The third kappa shape index (κ3) is 3.90. The van der Waals surface area contributed by atoms with Crippen LogP contribution in [0.25, 0.3) is 0 Å². The van der Waals surface area contributed by atoms with E-state index in [4.69, 9.17) is 21.6 Å². The molecule has 0 fully saturated rings. The van der Waals surface area contributed by atoms with E-state index in [9.17, 15) is 0 Å². The second-order valence-corrected chi connectivity index (χ2v) is 5.07. The van der Waals surface area contributed by atoms with Gasteiger partial charge in [-0.2, -0.15) is 0 Å². The predicted molar refractivity (Wildman–Crippen MR) is 66.4 cm³/mol. The summed E-state index contributed by atoms with van der Waals surface area (Å²) in [6, 6.07) is 4.97. The Morgan fingerprint density at radius 1 is 1.27 bits per heavy atom. The van der Waals surface area contributed by atoms with Crippen LogP contribution in [0.3, 0.4) is 0 Å². The molecule has 0 saturated carbocycles. The molecule has 2 nitrogen and oxygen atoms in total. The first-order valence-electron chi connectivity index (χ1n) is 4.81. The minimum absolute atomic E-state index is 0.00265. The molecule has 1 aromatic rings. The zero-order valence-electron chi connectivity index (χ0n) is 9.16. The third-order valence-corrected chi connectivity index (χ3v) is 2.25. The highest BCUT2D eigenvalue weighted by Gasteiger charge is 2.18. The van der Waals surface area contributed by atoms with E-state index in [2.05, 4.69) is 20.8 Å². The van der Waals surface area contributed by atoms with Crippen molar-refractivity contribution in [3.8, 4) is 0 Å². The predicted octanol–water partition coefficient (Wildman–Crippen LogP) is 0.568. The highest BCUT2D eigenvalue weighted by molar-refractivity contribution is 6.64. The second-order valence-electron chi connectivity index (χ2n) is 4.66. The van der Waals surface area contributed by atoms with Gasteiger partial charge >= 0.3 is 7.12 Å². The monoisotopic (exact) mass is 223 g/mol. The largest absolute Gasteiger partial charge is 0.488 e. The van der Waals surface area contributed by atoms with Crippen molar-refractivity contribution in [3.63, 3.8) is 0 Å². The Hall–Kier alpha value is -0.440. The van der Waals surface area contributed by atoms with Crippen molar-refractivity contribution in [1.29, 1.82) is 0 Å².